The van der Waals surface area contributed by atoms with Crippen molar-refractivity contribution in [2.45, 2.75) is 12.8 Å². The maximum Gasteiger partial charge on any atom is 0.249 e. The Morgan fingerprint density at radius 3 is 2.29 bits per heavy atom. The van der Waals surface area contributed by atoms with Crippen molar-refractivity contribution in [1.29, 1.82) is 0 Å². The number of carbonyl (C=O) groups excluding carboxylic acids is 1. The molecule has 1 heterocycles. The van der Waals surface area contributed by atoms with E-state index in [1.165, 1.54) is 6.08 Å². The number of fused-ring (bicyclic) bond motifs is 1. The van der Waals surface area contributed by atoms with Crippen LogP contribution in [0.3, 0.4) is 0 Å². The van der Waals surface area contributed by atoms with Gasteiger partial charge in [0, 0.05) is 16.8 Å². The molecule has 0 bridgehead atoms. The number of carbonyl (C=O) groups is 1. The first-order valence-corrected chi connectivity index (χ1v) is 11.1. The fourth-order valence-corrected chi connectivity index (χ4v) is 3.88. The summed E-state index contributed by atoms with van der Waals surface area (Å²) in [5.41, 5.74) is 3.99. The highest BCUT2D eigenvalue weighted by atomic mass is 35.5. The molecule has 1 aliphatic heterocycles. The van der Waals surface area contributed by atoms with E-state index in [2.05, 4.69) is 5.32 Å². The molecule has 0 spiro atoms. The normalized spacial score (nSPS) is 15.1. The van der Waals surface area contributed by atoms with Gasteiger partial charge in [0.2, 0.25) is 5.91 Å². The first-order valence-electron chi connectivity index (χ1n) is 10.7. The highest BCUT2D eigenvalue weighted by Crippen LogP contribution is 2.34. The van der Waals surface area contributed by atoms with E-state index in [4.69, 9.17) is 31.1 Å². The molecule has 0 radical (unpaired) electrons. The van der Waals surface area contributed by atoms with E-state index < -0.39 is 0 Å². The highest BCUT2D eigenvalue weighted by Gasteiger charge is 2.26. The summed E-state index contributed by atoms with van der Waals surface area (Å²) < 4.78 is 10.6. The van der Waals surface area contributed by atoms with Crippen LogP contribution in [-0.4, -0.2) is 31.7 Å². The molecule has 6 nitrogen and oxygen atoms in total. The third-order valence-electron chi connectivity index (χ3n) is 5.40. The van der Waals surface area contributed by atoms with Crippen LogP contribution >= 0.6 is 11.6 Å². The number of methoxy groups -OCH3 is 2. The first-order chi connectivity index (χ1) is 16.5. The molecule has 1 amide bonds. The second-order valence-corrected chi connectivity index (χ2v) is 8.10. The largest absolute Gasteiger partial charge is 0.493 e. The van der Waals surface area contributed by atoms with E-state index in [1.54, 1.807) is 32.4 Å². The number of hydrogen-bond donors (Lipinski definition) is 1. The summed E-state index contributed by atoms with van der Waals surface area (Å²) in [6.07, 6.45) is 3.17. The third kappa shape index (κ3) is 5.18. The second kappa shape index (κ2) is 10.4. The standard InChI is InChI=1S/C27H24ClN3O3/c1-17-26(19-10-12-20(28)13-11-19)27(30-22-7-5-4-6-21(22)29-17)31-25(32)15-9-18-8-14-23(33-2)24(16-18)34-3/h4-16,26H,1-3H3,(H,30,31,32). The average molecular weight is 474 g/mol. The number of rotatable bonds is 5. The Balaban J connectivity index is 1.65. The van der Waals surface area contributed by atoms with Gasteiger partial charge in [0.25, 0.3) is 0 Å². The molecule has 3 aromatic carbocycles. The zero-order valence-electron chi connectivity index (χ0n) is 19.1. The Morgan fingerprint density at radius 1 is 0.941 bits per heavy atom. The number of amides is 1. The Kier molecular flexibility index (Phi) is 7.09. The van der Waals surface area contributed by atoms with Crippen molar-refractivity contribution in [2.24, 2.45) is 9.98 Å². The molecule has 0 saturated heterocycles. The van der Waals surface area contributed by atoms with E-state index in [0.717, 1.165) is 22.5 Å². The van der Waals surface area contributed by atoms with Gasteiger partial charge in [-0.3, -0.25) is 9.79 Å². The molecule has 0 fully saturated rings. The van der Waals surface area contributed by atoms with Crippen LogP contribution in [0.5, 0.6) is 11.5 Å². The highest BCUT2D eigenvalue weighted by molar-refractivity contribution is 6.30. The molecule has 4 rings (SSSR count). The number of halogens is 1. The van der Waals surface area contributed by atoms with Crippen molar-refractivity contribution >= 4 is 46.5 Å². The lowest BCUT2D eigenvalue weighted by Gasteiger charge is -2.19. The maximum atomic E-state index is 12.9. The molecule has 172 valence electrons. The topological polar surface area (TPSA) is 72.3 Å². The number of ether oxygens (including phenoxy) is 2. The molecular weight excluding hydrogens is 450 g/mol. The van der Waals surface area contributed by atoms with E-state index in [9.17, 15) is 4.79 Å². The van der Waals surface area contributed by atoms with E-state index in [-0.39, 0.29) is 11.8 Å². The lowest BCUT2D eigenvalue weighted by molar-refractivity contribution is -0.115. The summed E-state index contributed by atoms with van der Waals surface area (Å²) in [6, 6.07) is 20.5. The van der Waals surface area contributed by atoms with E-state index >= 15 is 0 Å². The van der Waals surface area contributed by atoms with Gasteiger partial charge in [-0.05, 0) is 60.5 Å². The summed E-state index contributed by atoms with van der Waals surface area (Å²) >= 11 is 6.10. The number of aliphatic imine (C=N–C) groups is 2. The lowest BCUT2D eigenvalue weighted by atomic mass is 9.93. The fraction of sp³-hybridized carbons (Fsp3) is 0.148. The molecular formula is C27H24ClN3O3. The number of amidine groups is 1. The van der Waals surface area contributed by atoms with Crippen LogP contribution in [0, 0.1) is 0 Å². The second-order valence-electron chi connectivity index (χ2n) is 7.66. The summed E-state index contributed by atoms with van der Waals surface area (Å²) in [7, 11) is 3.15. The Labute approximate surface area is 203 Å². The van der Waals surface area contributed by atoms with Crippen molar-refractivity contribution in [1.82, 2.24) is 5.32 Å². The molecule has 1 aliphatic rings. The Bertz CT molecular complexity index is 1300. The number of benzene rings is 3. The molecule has 1 unspecified atom stereocenters. The van der Waals surface area contributed by atoms with Crippen molar-refractivity contribution in [2.75, 3.05) is 14.2 Å². The maximum absolute atomic E-state index is 12.9. The molecule has 0 saturated carbocycles. The van der Waals surface area contributed by atoms with E-state index in [1.807, 2.05) is 61.5 Å². The van der Waals surface area contributed by atoms with E-state index in [0.29, 0.717) is 28.0 Å². The van der Waals surface area contributed by atoms with Crippen molar-refractivity contribution in [3.8, 4) is 11.5 Å². The minimum absolute atomic E-state index is 0.306. The van der Waals surface area contributed by atoms with Crippen molar-refractivity contribution in [3.05, 3.63) is 89.0 Å². The SMILES string of the molecule is COc1ccc(C=CC(=O)NC2=Nc3ccccc3N=C(C)C2c2ccc(Cl)cc2)cc1OC. The van der Waals surface area contributed by atoms with Crippen LogP contribution < -0.4 is 14.8 Å². The van der Waals surface area contributed by atoms with Gasteiger partial charge in [-0.2, -0.15) is 0 Å². The van der Waals surface area contributed by atoms with Gasteiger partial charge in [-0.25, -0.2) is 4.99 Å². The molecule has 34 heavy (non-hydrogen) atoms. The summed E-state index contributed by atoms with van der Waals surface area (Å²) in [5.74, 6) is 1.07. The number of nitrogens with zero attached hydrogens (tertiary/aromatic N) is 2. The molecule has 0 aromatic heterocycles. The molecule has 1 atom stereocenters. The molecule has 1 N–H and O–H groups in total. The van der Waals surface area contributed by atoms with Gasteiger partial charge in [0.1, 0.15) is 5.84 Å². The summed E-state index contributed by atoms with van der Waals surface area (Å²) in [6.45, 7) is 1.93. The van der Waals surface area contributed by atoms with Crippen LogP contribution in [0.15, 0.2) is 82.8 Å². The minimum Gasteiger partial charge on any atom is -0.493 e. The van der Waals surface area contributed by atoms with Crippen LogP contribution in [0.2, 0.25) is 5.02 Å². The predicted octanol–water partition coefficient (Wildman–Crippen LogP) is 6.11. The number of hydrogen-bond acceptors (Lipinski definition) is 5. The van der Waals surface area contributed by atoms with Crippen LogP contribution in [-0.2, 0) is 4.79 Å². The quantitative estimate of drug-likeness (QED) is 0.454. The minimum atomic E-state index is -0.330. The average Bonchev–Trinajstić information content (AvgIpc) is 2.98. The van der Waals surface area contributed by atoms with Gasteiger partial charge in [-0.15, -0.1) is 0 Å². The Morgan fingerprint density at radius 2 is 1.62 bits per heavy atom. The number of nitrogens with one attached hydrogen (secondary N) is 1. The van der Waals surface area contributed by atoms with Crippen molar-refractivity contribution in [3.63, 3.8) is 0 Å². The van der Waals surface area contributed by atoms with Gasteiger partial charge >= 0.3 is 0 Å². The third-order valence-corrected chi connectivity index (χ3v) is 5.65. The van der Waals surface area contributed by atoms with Gasteiger partial charge in [0.15, 0.2) is 11.5 Å². The van der Waals surface area contributed by atoms with Crippen LogP contribution in [0.1, 0.15) is 24.0 Å². The van der Waals surface area contributed by atoms with Gasteiger partial charge < -0.3 is 14.8 Å². The molecule has 0 aliphatic carbocycles. The zero-order valence-corrected chi connectivity index (χ0v) is 19.8. The Hall–Kier alpha value is -3.90. The van der Waals surface area contributed by atoms with Gasteiger partial charge in [-0.1, -0.05) is 41.9 Å². The zero-order chi connectivity index (χ0) is 24.1. The predicted molar refractivity (Wildman–Crippen MR) is 137 cm³/mol. The number of para-hydroxylation sites is 2. The van der Waals surface area contributed by atoms with Gasteiger partial charge in [0.05, 0.1) is 31.5 Å². The lowest BCUT2D eigenvalue weighted by Crippen LogP contribution is -2.36. The summed E-state index contributed by atoms with van der Waals surface area (Å²) in [5, 5.41) is 3.60. The van der Waals surface area contributed by atoms with Crippen molar-refractivity contribution < 1.29 is 14.3 Å². The molecule has 7 heteroatoms. The molecule has 3 aromatic rings. The van der Waals surface area contributed by atoms with Crippen LogP contribution in [0.4, 0.5) is 11.4 Å². The monoisotopic (exact) mass is 473 g/mol. The first kappa shape index (κ1) is 23.3. The van der Waals surface area contributed by atoms with Crippen LogP contribution in [0.25, 0.3) is 6.08 Å². The summed E-state index contributed by atoms with van der Waals surface area (Å²) in [4.78, 5) is 22.5. The smallest absolute Gasteiger partial charge is 0.249 e. The fourth-order valence-electron chi connectivity index (χ4n) is 3.75.